The molecular weight excluding hydrogens is 270 g/mol. The molecule has 4 nitrogen and oxygen atoms in total. The zero-order valence-corrected chi connectivity index (χ0v) is 12.2. The molecule has 20 heavy (non-hydrogen) atoms. The summed E-state index contributed by atoms with van der Waals surface area (Å²) in [5, 5.41) is 2.95. The molecule has 0 radical (unpaired) electrons. The molecule has 0 atom stereocenters. The second-order valence-corrected chi connectivity index (χ2v) is 5.58. The molecule has 1 aromatic heterocycles. The van der Waals surface area contributed by atoms with Gasteiger partial charge in [-0.3, -0.25) is 4.79 Å². The van der Waals surface area contributed by atoms with Gasteiger partial charge in [0.1, 0.15) is 0 Å². The molecule has 0 fully saturated rings. The van der Waals surface area contributed by atoms with Gasteiger partial charge in [0, 0.05) is 42.6 Å². The van der Waals surface area contributed by atoms with E-state index in [-0.39, 0.29) is 5.91 Å². The SMILES string of the molecule is O=C(CCCn1ccnc1)NCCSc1ccccc1. The quantitative estimate of drug-likeness (QED) is 0.600. The predicted molar refractivity (Wildman–Crippen MR) is 81.6 cm³/mol. The van der Waals surface area contributed by atoms with E-state index in [4.69, 9.17) is 0 Å². The zero-order chi connectivity index (χ0) is 14.0. The van der Waals surface area contributed by atoms with Crippen LogP contribution < -0.4 is 5.32 Å². The Kier molecular flexibility index (Phi) is 6.17. The van der Waals surface area contributed by atoms with Crippen LogP contribution in [-0.2, 0) is 11.3 Å². The van der Waals surface area contributed by atoms with Crippen molar-refractivity contribution in [2.75, 3.05) is 12.3 Å². The molecule has 2 rings (SSSR count). The Morgan fingerprint density at radius 3 is 2.90 bits per heavy atom. The predicted octanol–water partition coefficient (Wildman–Crippen LogP) is 2.57. The van der Waals surface area contributed by atoms with E-state index < -0.39 is 0 Å². The first-order valence-electron chi connectivity index (χ1n) is 6.75. The van der Waals surface area contributed by atoms with E-state index in [1.54, 1.807) is 24.3 Å². The van der Waals surface area contributed by atoms with Crippen molar-refractivity contribution in [2.45, 2.75) is 24.3 Å². The van der Waals surface area contributed by atoms with Gasteiger partial charge in [-0.15, -0.1) is 11.8 Å². The summed E-state index contributed by atoms with van der Waals surface area (Å²) >= 11 is 1.76. The molecule has 5 heteroatoms. The molecule has 0 spiro atoms. The Morgan fingerprint density at radius 1 is 1.30 bits per heavy atom. The molecule has 1 amide bonds. The molecule has 2 aromatic rings. The van der Waals surface area contributed by atoms with E-state index in [1.165, 1.54) is 4.90 Å². The number of carbonyl (C=O) groups excluding carboxylic acids is 1. The number of hydrogen-bond donors (Lipinski definition) is 1. The maximum atomic E-state index is 11.6. The number of benzene rings is 1. The lowest BCUT2D eigenvalue weighted by atomic mass is 10.3. The highest BCUT2D eigenvalue weighted by molar-refractivity contribution is 7.99. The second kappa shape index (κ2) is 8.43. The Labute approximate surface area is 123 Å². The van der Waals surface area contributed by atoms with Gasteiger partial charge in [0.25, 0.3) is 0 Å². The average molecular weight is 289 g/mol. The summed E-state index contributed by atoms with van der Waals surface area (Å²) in [6.07, 6.45) is 6.84. The number of thioether (sulfide) groups is 1. The van der Waals surface area contributed by atoms with Crippen LogP contribution in [0.4, 0.5) is 0 Å². The van der Waals surface area contributed by atoms with Crippen molar-refractivity contribution in [1.82, 2.24) is 14.9 Å². The van der Waals surface area contributed by atoms with Crippen LogP contribution in [0.25, 0.3) is 0 Å². The molecule has 0 aliphatic carbocycles. The first-order valence-corrected chi connectivity index (χ1v) is 7.73. The molecule has 1 heterocycles. The highest BCUT2D eigenvalue weighted by atomic mass is 32.2. The topological polar surface area (TPSA) is 46.9 Å². The monoisotopic (exact) mass is 289 g/mol. The van der Waals surface area contributed by atoms with Crippen LogP contribution in [0.2, 0.25) is 0 Å². The first kappa shape index (κ1) is 14.7. The van der Waals surface area contributed by atoms with Gasteiger partial charge < -0.3 is 9.88 Å². The second-order valence-electron chi connectivity index (χ2n) is 4.42. The number of aryl methyl sites for hydroxylation is 1. The van der Waals surface area contributed by atoms with Crippen molar-refractivity contribution < 1.29 is 4.79 Å². The largest absolute Gasteiger partial charge is 0.355 e. The fourth-order valence-corrected chi connectivity index (χ4v) is 2.60. The van der Waals surface area contributed by atoms with Gasteiger partial charge >= 0.3 is 0 Å². The normalized spacial score (nSPS) is 10.4. The summed E-state index contributed by atoms with van der Waals surface area (Å²) in [6.45, 7) is 1.55. The standard InChI is InChI=1S/C15H19N3OS/c19-15(7-4-10-18-11-8-16-13-18)17-9-12-20-14-5-2-1-3-6-14/h1-3,5-6,8,11,13H,4,7,9-10,12H2,(H,17,19). The van der Waals surface area contributed by atoms with E-state index in [2.05, 4.69) is 22.4 Å². The molecule has 0 aliphatic heterocycles. The fourth-order valence-electron chi connectivity index (χ4n) is 1.81. The molecule has 106 valence electrons. The van der Waals surface area contributed by atoms with E-state index in [1.807, 2.05) is 29.0 Å². The van der Waals surface area contributed by atoms with Crippen LogP contribution in [0.3, 0.4) is 0 Å². The summed E-state index contributed by atoms with van der Waals surface area (Å²) in [4.78, 5) is 16.8. The minimum absolute atomic E-state index is 0.124. The van der Waals surface area contributed by atoms with Gasteiger partial charge in [0.05, 0.1) is 6.33 Å². The van der Waals surface area contributed by atoms with E-state index in [0.717, 1.165) is 18.7 Å². The molecule has 0 bridgehead atoms. The third-order valence-corrected chi connectivity index (χ3v) is 3.83. The number of amides is 1. The molecule has 0 aliphatic rings. The van der Waals surface area contributed by atoms with E-state index in [9.17, 15) is 4.79 Å². The number of rotatable bonds is 8. The lowest BCUT2D eigenvalue weighted by Gasteiger charge is -2.05. The van der Waals surface area contributed by atoms with Crippen molar-refractivity contribution in [3.05, 3.63) is 49.1 Å². The van der Waals surface area contributed by atoms with Gasteiger partial charge in [0.15, 0.2) is 0 Å². The maximum absolute atomic E-state index is 11.6. The minimum Gasteiger partial charge on any atom is -0.355 e. The lowest BCUT2D eigenvalue weighted by molar-refractivity contribution is -0.121. The van der Waals surface area contributed by atoms with Crippen LogP contribution in [-0.4, -0.2) is 27.8 Å². The zero-order valence-electron chi connectivity index (χ0n) is 11.4. The number of nitrogens with one attached hydrogen (secondary N) is 1. The molecule has 1 aromatic carbocycles. The summed E-state index contributed by atoms with van der Waals surface area (Å²) in [5.41, 5.74) is 0. The number of hydrogen-bond acceptors (Lipinski definition) is 3. The first-order chi connectivity index (χ1) is 9.84. The maximum Gasteiger partial charge on any atom is 0.220 e. The number of aromatic nitrogens is 2. The molecule has 0 saturated carbocycles. The Balaban J connectivity index is 1.52. The Morgan fingerprint density at radius 2 is 2.15 bits per heavy atom. The smallest absolute Gasteiger partial charge is 0.220 e. The van der Waals surface area contributed by atoms with Crippen molar-refractivity contribution in [2.24, 2.45) is 0 Å². The molecule has 0 unspecified atom stereocenters. The molecule has 0 saturated heterocycles. The number of nitrogens with zero attached hydrogens (tertiary/aromatic N) is 2. The van der Waals surface area contributed by atoms with Crippen LogP contribution in [0, 0.1) is 0 Å². The summed E-state index contributed by atoms with van der Waals surface area (Å²) in [7, 11) is 0. The van der Waals surface area contributed by atoms with Gasteiger partial charge in [0.2, 0.25) is 5.91 Å². The van der Waals surface area contributed by atoms with Gasteiger partial charge in [-0.25, -0.2) is 4.98 Å². The highest BCUT2D eigenvalue weighted by Gasteiger charge is 2.01. The summed E-state index contributed by atoms with van der Waals surface area (Å²) in [5.74, 6) is 1.02. The number of carbonyl (C=O) groups is 1. The van der Waals surface area contributed by atoms with Crippen molar-refractivity contribution in [1.29, 1.82) is 0 Å². The van der Waals surface area contributed by atoms with Gasteiger partial charge in [-0.2, -0.15) is 0 Å². The number of imidazole rings is 1. The van der Waals surface area contributed by atoms with Crippen LogP contribution >= 0.6 is 11.8 Å². The van der Waals surface area contributed by atoms with E-state index >= 15 is 0 Å². The minimum atomic E-state index is 0.124. The average Bonchev–Trinajstić information content (AvgIpc) is 2.98. The molecular formula is C15H19N3OS. The lowest BCUT2D eigenvalue weighted by Crippen LogP contribution is -2.25. The summed E-state index contributed by atoms with van der Waals surface area (Å²) < 4.78 is 1.98. The van der Waals surface area contributed by atoms with Crippen LogP contribution in [0.5, 0.6) is 0 Å². The fraction of sp³-hybridized carbons (Fsp3) is 0.333. The van der Waals surface area contributed by atoms with E-state index in [0.29, 0.717) is 13.0 Å². The highest BCUT2D eigenvalue weighted by Crippen LogP contribution is 2.15. The van der Waals surface area contributed by atoms with Crippen molar-refractivity contribution in [3.8, 4) is 0 Å². The van der Waals surface area contributed by atoms with Crippen molar-refractivity contribution >= 4 is 17.7 Å². The van der Waals surface area contributed by atoms with Crippen LogP contribution in [0.1, 0.15) is 12.8 Å². The van der Waals surface area contributed by atoms with Gasteiger partial charge in [-0.05, 0) is 18.6 Å². The third kappa shape index (κ3) is 5.48. The van der Waals surface area contributed by atoms with Gasteiger partial charge in [-0.1, -0.05) is 18.2 Å². The summed E-state index contributed by atoms with van der Waals surface area (Å²) in [6, 6.07) is 10.2. The Hall–Kier alpha value is -1.75. The van der Waals surface area contributed by atoms with Crippen LogP contribution in [0.15, 0.2) is 53.9 Å². The molecule has 1 N–H and O–H groups in total. The third-order valence-electron chi connectivity index (χ3n) is 2.82. The Bertz CT molecular complexity index is 499. The van der Waals surface area contributed by atoms with Crippen molar-refractivity contribution in [3.63, 3.8) is 0 Å².